The van der Waals surface area contributed by atoms with E-state index in [1.807, 2.05) is 364 Å². The summed E-state index contributed by atoms with van der Waals surface area (Å²) >= 11 is 11.1. The van der Waals surface area contributed by atoms with Crippen LogP contribution in [0.1, 0.15) is 0 Å². The predicted octanol–water partition coefficient (Wildman–Crippen LogP) is 15.3. The van der Waals surface area contributed by atoms with Gasteiger partial charge in [0.1, 0.15) is 0 Å². The summed E-state index contributed by atoms with van der Waals surface area (Å²) < 4.78 is 55.3. The summed E-state index contributed by atoms with van der Waals surface area (Å²) in [6, 6.07) is 117. The van der Waals surface area contributed by atoms with Gasteiger partial charge < -0.3 is 34.5 Å². The smallest absolute Gasteiger partial charge is 0.753 e. The molecular weight excluding hydrogens is 1370 g/mol. The van der Waals surface area contributed by atoms with Crippen LogP contribution in [0.3, 0.4) is 0 Å². The molecule has 0 heterocycles. The predicted molar refractivity (Wildman–Crippen MR) is 391 cm³/mol. The molecular formula is C75H60N3NdO4P4S3. The molecule has 0 unspecified atom stereocenters. The van der Waals surface area contributed by atoms with E-state index in [4.69, 9.17) is 16.2 Å². The Kier molecular flexibility index (Phi) is 32.0. The third-order valence-corrected chi connectivity index (χ3v) is 25.7. The Morgan fingerprint density at radius 1 is 0.178 bits per heavy atom. The molecule has 7 nitrogen and oxygen atoms in total. The van der Waals surface area contributed by atoms with Crippen molar-refractivity contribution in [3.05, 3.63) is 380 Å². The summed E-state index contributed by atoms with van der Waals surface area (Å²) in [5.41, 5.74) is 0. The van der Waals surface area contributed by atoms with Gasteiger partial charge in [-0.3, -0.25) is 0 Å². The van der Waals surface area contributed by atoms with E-state index in [-0.39, 0.29) is 40.8 Å². The number of nitrogens with zero attached hydrogens (tertiary/aromatic N) is 3. The molecule has 1 radical (unpaired) electrons. The number of hydrogen-bond acceptors (Lipinski definition) is 7. The number of isothiocyanates is 3. The topological polar surface area (TPSA) is 135 Å². The quantitative estimate of drug-likeness (QED) is 0.0675. The van der Waals surface area contributed by atoms with Crippen LogP contribution in [0.15, 0.2) is 364 Å². The monoisotopic (exact) mass is 1430 g/mol. The van der Waals surface area contributed by atoms with Crippen LogP contribution in [0.2, 0.25) is 0 Å². The summed E-state index contributed by atoms with van der Waals surface area (Å²) in [4.78, 5) is 0. The molecule has 0 fully saturated rings. The molecule has 0 amide bonds. The van der Waals surface area contributed by atoms with Crippen molar-refractivity contribution in [1.82, 2.24) is 0 Å². The van der Waals surface area contributed by atoms with Crippen molar-refractivity contribution in [2.45, 2.75) is 0 Å². The van der Waals surface area contributed by atoms with Crippen molar-refractivity contribution in [3.63, 3.8) is 0 Å². The summed E-state index contributed by atoms with van der Waals surface area (Å²) in [6.07, 6.45) is 0. The minimum absolute atomic E-state index is 0. The second kappa shape index (κ2) is 39.4. The van der Waals surface area contributed by atoms with Crippen LogP contribution in [-0.4, -0.2) is 15.5 Å². The zero-order valence-corrected chi connectivity index (χ0v) is 57.9. The van der Waals surface area contributed by atoms with E-state index in [2.05, 4.69) is 36.7 Å². The molecule has 0 aliphatic carbocycles. The molecule has 0 N–H and O–H groups in total. The molecule has 441 valence electrons. The van der Waals surface area contributed by atoms with Gasteiger partial charge in [0.25, 0.3) is 0 Å². The molecule has 0 bridgehead atoms. The van der Waals surface area contributed by atoms with Crippen LogP contribution >= 0.6 is 65.2 Å². The van der Waals surface area contributed by atoms with Gasteiger partial charge in [-0.05, 0) is 0 Å². The first kappa shape index (κ1) is 73.1. The summed E-state index contributed by atoms with van der Waals surface area (Å²) in [6.45, 7) is 0. The number of hydrogen-bond donors (Lipinski definition) is 0. The van der Waals surface area contributed by atoms with Crippen LogP contribution < -0.4 is 63.7 Å². The normalized spacial score (nSPS) is 10.2. The Labute approximate surface area is 578 Å². The molecule has 0 atom stereocenters. The fraction of sp³-hybridized carbons (Fsp3) is 0. The third kappa shape index (κ3) is 19.7. The van der Waals surface area contributed by atoms with Gasteiger partial charge in [0.15, 0.2) is 28.6 Å². The van der Waals surface area contributed by atoms with Gasteiger partial charge >= 0.3 is 40.8 Å². The van der Waals surface area contributed by atoms with E-state index >= 15 is 0 Å². The largest absolute Gasteiger partial charge is 3.00 e. The Morgan fingerprint density at radius 3 is 0.289 bits per heavy atom. The average molecular weight is 1430 g/mol. The Hall–Kier alpha value is -7.69. The molecule has 15 heteroatoms. The van der Waals surface area contributed by atoms with E-state index in [1.54, 1.807) is 0 Å². The third-order valence-electron chi connectivity index (χ3n) is 13.4. The molecule has 0 aromatic heterocycles. The Morgan fingerprint density at radius 2 is 0.233 bits per heavy atom. The van der Waals surface area contributed by atoms with E-state index in [0.29, 0.717) is 0 Å². The maximum Gasteiger partial charge on any atom is 3.00 e. The van der Waals surface area contributed by atoms with Crippen molar-refractivity contribution in [1.29, 1.82) is 0 Å². The van der Waals surface area contributed by atoms with Gasteiger partial charge in [0, 0.05) is 63.7 Å². The Balaban J connectivity index is 0.000000208. The number of benzene rings is 12. The zero-order valence-electron chi connectivity index (χ0n) is 48.6. The van der Waals surface area contributed by atoms with Crippen molar-refractivity contribution >= 4 is 144 Å². The van der Waals surface area contributed by atoms with Crippen LogP contribution in [-0.2, 0) is 18.3 Å². The zero-order chi connectivity index (χ0) is 63.5. The molecule has 0 aliphatic rings. The summed E-state index contributed by atoms with van der Waals surface area (Å²) in [5.74, 6) is 0. The minimum Gasteiger partial charge on any atom is -0.753 e. The fourth-order valence-electron chi connectivity index (χ4n) is 9.44. The number of thiocarbonyl (C=S) groups is 3. The van der Waals surface area contributed by atoms with Gasteiger partial charge in [-0.15, -0.1) is 0 Å². The first-order valence-corrected chi connectivity index (χ1v) is 35.7. The maximum absolute atomic E-state index is 13.8. The van der Waals surface area contributed by atoms with Gasteiger partial charge in [-0.25, -0.2) is 0 Å². The number of rotatable bonds is 12. The first-order valence-electron chi connectivity index (χ1n) is 27.6. The van der Waals surface area contributed by atoms with Crippen molar-refractivity contribution in [2.24, 2.45) is 0 Å². The van der Waals surface area contributed by atoms with Gasteiger partial charge in [-0.1, -0.05) is 401 Å². The maximum atomic E-state index is 13.8. The van der Waals surface area contributed by atoms with Crippen molar-refractivity contribution in [2.75, 3.05) is 0 Å². The molecule has 0 spiro atoms. The summed E-state index contributed by atoms with van der Waals surface area (Å²) in [7, 11) is -11.1. The van der Waals surface area contributed by atoms with Crippen molar-refractivity contribution in [3.8, 4) is 0 Å². The van der Waals surface area contributed by atoms with Gasteiger partial charge in [-0.2, -0.15) is 15.5 Å². The van der Waals surface area contributed by atoms with Crippen LogP contribution in [0.5, 0.6) is 0 Å². The standard InChI is InChI=1S/4C18H15OP.3CNS.Nd/c4*19-20(16-10-4-1-5-11-16,17-12-6-2-7-13-17)18-14-8-3-9-15-18;3*2-1-3;/h4*1-15H;;;;/q;;;;3*-1;+3. The molecule has 0 aliphatic heterocycles. The fourth-order valence-corrected chi connectivity index (χ4v) is 20.1. The Bertz CT molecular complexity index is 3330. The molecule has 0 saturated carbocycles. The average Bonchev–Trinajstić information content (AvgIpc) is 0.998. The van der Waals surface area contributed by atoms with Crippen LogP contribution in [0.25, 0.3) is 16.2 Å². The first-order chi connectivity index (χ1) is 43.5. The molecule has 12 aromatic rings. The van der Waals surface area contributed by atoms with Gasteiger partial charge in [0.2, 0.25) is 0 Å². The van der Waals surface area contributed by atoms with Crippen LogP contribution in [0.4, 0.5) is 0 Å². The second-order valence-electron chi connectivity index (χ2n) is 18.7. The molecule has 12 aromatic carbocycles. The van der Waals surface area contributed by atoms with Gasteiger partial charge in [0.05, 0.1) is 0 Å². The van der Waals surface area contributed by atoms with Crippen molar-refractivity contribution < 1.29 is 59.1 Å². The van der Waals surface area contributed by atoms with E-state index in [0.717, 1.165) is 63.7 Å². The van der Waals surface area contributed by atoms with Crippen LogP contribution in [0, 0.1) is 40.8 Å². The molecule has 12 rings (SSSR count). The molecule has 0 saturated heterocycles. The minimum atomic E-state index is -2.78. The van der Waals surface area contributed by atoms with E-state index in [9.17, 15) is 18.3 Å². The SMILES string of the molecule is O=P(c1ccccc1)(c1ccccc1)c1ccccc1.O=P(c1ccccc1)(c1ccccc1)c1ccccc1.O=P(c1ccccc1)(c1ccccc1)c1ccccc1.O=P(c1ccccc1)(c1ccccc1)c1ccccc1.[N-]=C=S.[N-]=C=S.[N-]=C=S.[Nd+3]. The van der Waals surface area contributed by atoms with E-state index in [1.165, 1.54) is 15.5 Å². The summed E-state index contributed by atoms with van der Waals surface area (Å²) in [5, 5.41) is 35.9. The molecule has 90 heavy (non-hydrogen) atoms. The second-order valence-corrected chi connectivity index (χ2v) is 30.4. The van der Waals surface area contributed by atoms with E-state index < -0.39 is 28.6 Å².